The van der Waals surface area contributed by atoms with Gasteiger partial charge in [-0.1, -0.05) is 31.7 Å². The molecular formula is C23H28O7. The molecule has 0 aromatic heterocycles. The summed E-state index contributed by atoms with van der Waals surface area (Å²) < 4.78 is 23.5. The van der Waals surface area contributed by atoms with Crippen LogP contribution >= 0.6 is 0 Å². The zero-order valence-corrected chi connectivity index (χ0v) is 17.9. The number of fused-ring (bicyclic) bond motifs is 2. The summed E-state index contributed by atoms with van der Waals surface area (Å²) in [6.07, 6.45) is 0.973. The number of rotatable bonds is 5. The van der Waals surface area contributed by atoms with Crippen LogP contribution in [0.5, 0.6) is 0 Å². The number of hydrogen-bond acceptors (Lipinski definition) is 7. The number of esters is 2. The van der Waals surface area contributed by atoms with Crippen molar-refractivity contribution in [3.63, 3.8) is 0 Å². The van der Waals surface area contributed by atoms with Gasteiger partial charge in [0.05, 0.1) is 18.1 Å². The first-order valence-electron chi connectivity index (χ1n) is 10.2. The lowest BCUT2D eigenvalue weighted by atomic mass is 9.51. The van der Waals surface area contributed by atoms with Crippen molar-refractivity contribution in [2.75, 3.05) is 13.2 Å². The predicted molar refractivity (Wildman–Crippen MR) is 106 cm³/mol. The Morgan fingerprint density at radius 3 is 2.43 bits per heavy atom. The summed E-state index contributed by atoms with van der Waals surface area (Å²) >= 11 is 0. The Hall–Kier alpha value is -2.25. The molecule has 0 amide bonds. The molecule has 4 aliphatic rings. The van der Waals surface area contributed by atoms with Crippen molar-refractivity contribution in [3.05, 3.63) is 36.0 Å². The van der Waals surface area contributed by atoms with Crippen LogP contribution in [0, 0.1) is 10.8 Å². The van der Waals surface area contributed by atoms with Crippen molar-refractivity contribution in [3.8, 4) is 0 Å². The van der Waals surface area contributed by atoms with Gasteiger partial charge in [-0.3, -0.25) is 4.79 Å². The standard InChI is InChI=1S/C23H28O7/c1-12(2)19(25)27-10-22-8-7-14(5)9-15(22)29-18-16(24)17(30-20(26)13(3)4)21(22,6)23(18)11-28-23/h9,15,17-18H,1,3,7-8,10-11H2,2,4-6H3/t15-,17-,18+,21+,22-,23+/m1/s1. The lowest BCUT2D eigenvalue weighted by molar-refractivity contribution is -0.232. The molecule has 2 saturated heterocycles. The largest absolute Gasteiger partial charge is 0.462 e. The van der Waals surface area contributed by atoms with Crippen molar-refractivity contribution in [2.24, 2.45) is 10.8 Å². The molecule has 6 atom stereocenters. The molecule has 0 aromatic rings. The molecule has 2 bridgehead atoms. The minimum atomic E-state index is -1.07. The Bertz CT molecular complexity index is 895. The molecule has 7 nitrogen and oxygen atoms in total. The fraction of sp³-hybridized carbons (Fsp3) is 0.609. The third kappa shape index (κ3) is 2.54. The monoisotopic (exact) mass is 416 g/mol. The number of allylic oxidation sites excluding steroid dienone is 1. The summed E-state index contributed by atoms with van der Waals surface area (Å²) in [4.78, 5) is 38.0. The van der Waals surface area contributed by atoms with E-state index in [9.17, 15) is 14.4 Å². The van der Waals surface area contributed by atoms with Crippen molar-refractivity contribution < 1.29 is 33.3 Å². The number of hydrogen-bond donors (Lipinski definition) is 0. The minimum absolute atomic E-state index is 0.00979. The molecule has 2 heterocycles. The summed E-state index contributed by atoms with van der Waals surface area (Å²) in [6.45, 7) is 14.7. The van der Waals surface area contributed by atoms with Gasteiger partial charge < -0.3 is 18.9 Å². The molecule has 3 fully saturated rings. The van der Waals surface area contributed by atoms with E-state index < -0.39 is 46.7 Å². The normalized spacial score (nSPS) is 41.0. The Labute approximate surface area is 176 Å². The van der Waals surface area contributed by atoms with Gasteiger partial charge in [-0.15, -0.1) is 0 Å². The number of Topliss-reactive ketones (excluding diaryl/α,β-unsaturated/α-hetero) is 1. The fourth-order valence-electron chi connectivity index (χ4n) is 5.47. The van der Waals surface area contributed by atoms with Crippen molar-refractivity contribution in [2.45, 2.75) is 64.4 Å². The molecule has 2 aliphatic heterocycles. The van der Waals surface area contributed by atoms with Crippen LogP contribution < -0.4 is 0 Å². The molecule has 0 radical (unpaired) electrons. The molecule has 1 spiro atoms. The molecule has 4 rings (SSSR count). The topological polar surface area (TPSA) is 91.4 Å². The van der Waals surface area contributed by atoms with Crippen LogP contribution in [0.15, 0.2) is 36.0 Å². The SMILES string of the molecule is C=C(C)C(=O)OC[C@]12CCC(C)=C[C@H]1O[C@H]1C(=O)[C@@H](OC(=O)C(=C)C)[C@]2(C)[C@]12CO2. The van der Waals surface area contributed by atoms with Gasteiger partial charge in [0.2, 0.25) is 5.78 Å². The first kappa shape index (κ1) is 21.0. The third-order valence-corrected chi connectivity index (χ3v) is 7.44. The maximum Gasteiger partial charge on any atom is 0.333 e. The van der Waals surface area contributed by atoms with E-state index in [0.717, 1.165) is 12.0 Å². The molecule has 2 aliphatic carbocycles. The maximum absolute atomic E-state index is 13.4. The maximum atomic E-state index is 13.4. The van der Waals surface area contributed by atoms with Gasteiger partial charge >= 0.3 is 11.9 Å². The zero-order chi connectivity index (χ0) is 22.1. The first-order chi connectivity index (χ1) is 14.0. The van der Waals surface area contributed by atoms with Gasteiger partial charge in [0, 0.05) is 16.6 Å². The molecule has 0 aromatic carbocycles. The Kier molecular flexibility index (Phi) is 4.64. The average Bonchev–Trinajstić information content (AvgIpc) is 3.47. The Morgan fingerprint density at radius 2 is 1.87 bits per heavy atom. The van der Waals surface area contributed by atoms with Gasteiger partial charge in [0.25, 0.3) is 0 Å². The van der Waals surface area contributed by atoms with E-state index in [-0.39, 0.29) is 23.5 Å². The van der Waals surface area contributed by atoms with Crippen LogP contribution in [0.4, 0.5) is 0 Å². The van der Waals surface area contributed by atoms with Gasteiger partial charge in [-0.25, -0.2) is 9.59 Å². The van der Waals surface area contributed by atoms with Crippen LogP contribution in [0.25, 0.3) is 0 Å². The van der Waals surface area contributed by atoms with Crippen molar-refractivity contribution >= 4 is 17.7 Å². The summed E-state index contributed by atoms with van der Waals surface area (Å²) in [5, 5.41) is 0. The van der Waals surface area contributed by atoms with Crippen molar-refractivity contribution in [1.82, 2.24) is 0 Å². The van der Waals surface area contributed by atoms with E-state index in [1.165, 1.54) is 6.92 Å². The highest BCUT2D eigenvalue weighted by Gasteiger charge is 2.86. The number of carbonyl (C=O) groups excluding carboxylic acids is 3. The van der Waals surface area contributed by atoms with Crippen LogP contribution in [-0.2, 0) is 33.3 Å². The van der Waals surface area contributed by atoms with Crippen LogP contribution in [0.2, 0.25) is 0 Å². The van der Waals surface area contributed by atoms with Crippen LogP contribution in [0.3, 0.4) is 0 Å². The number of ether oxygens (including phenoxy) is 4. The molecular weight excluding hydrogens is 388 g/mol. The number of carbonyl (C=O) groups is 3. The van der Waals surface area contributed by atoms with E-state index in [4.69, 9.17) is 18.9 Å². The van der Waals surface area contributed by atoms with E-state index in [0.29, 0.717) is 13.0 Å². The molecule has 1 saturated carbocycles. The van der Waals surface area contributed by atoms with Crippen LogP contribution in [-0.4, -0.2) is 54.8 Å². The van der Waals surface area contributed by atoms with Gasteiger partial charge in [-0.2, -0.15) is 0 Å². The predicted octanol–water partition coefficient (Wildman–Crippen LogP) is 2.45. The van der Waals surface area contributed by atoms with Crippen molar-refractivity contribution in [1.29, 1.82) is 0 Å². The molecule has 162 valence electrons. The lowest BCUT2D eigenvalue weighted by Gasteiger charge is -2.57. The lowest BCUT2D eigenvalue weighted by Crippen LogP contribution is -2.66. The van der Waals surface area contributed by atoms with Crippen LogP contribution in [0.1, 0.15) is 40.5 Å². The highest BCUT2D eigenvalue weighted by atomic mass is 16.6. The van der Waals surface area contributed by atoms with E-state index in [2.05, 4.69) is 13.2 Å². The quantitative estimate of drug-likeness (QED) is 0.294. The van der Waals surface area contributed by atoms with Gasteiger partial charge in [0.1, 0.15) is 12.2 Å². The minimum Gasteiger partial charge on any atom is -0.462 e. The first-order valence-corrected chi connectivity index (χ1v) is 10.2. The van der Waals surface area contributed by atoms with E-state index in [1.807, 2.05) is 19.9 Å². The summed E-state index contributed by atoms with van der Waals surface area (Å²) in [5.74, 6) is -1.45. The van der Waals surface area contributed by atoms with Gasteiger partial charge in [-0.05, 0) is 33.6 Å². The Morgan fingerprint density at radius 1 is 1.23 bits per heavy atom. The summed E-state index contributed by atoms with van der Waals surface area (Å²) in [5.41, 5.74) is -0.983. The third-order valence-electron chi connectivity index (χ3n) is 7.44. The highest BCUT2D eigenvalue weighted by Crippen LogP contribution is 2.71. The zero-order valence-electron chi connectivity index (χ0n) is 17.9. The molecule has 0 N–H and O–H groups in total. The molecule has 0 unspecified atom stereocenters. The number of ketones is 1. The van der Waals surface area contributed by atoms with Gasteiger partial charge in [0.15, 0.2) is 12.2 Å². The second kappa shape index (κ2) is 6.62. The second-order valence-electron chi connectivity index (χ2n) is 9.31. The Balaban J connectivity index is 1.82. The summed E-state index contributed by atoms with van der Waals surface area (Å²) in [7, 11) is 0. The smallest absolute Gasteiger partial charge is 0.333 e. The fourth-order valence-corrected chi connectivity index (χ4v) is 5.47. The van der Waals surface area contributed by atoms with E-state index >= 15 is 0 Å². The molecule has 30 heavy (non-hydrogen) atoms. The highest BCUT2D eigenvalue weighted by molar-refractivity contribution is 5.98. The number of epoxide rings is 1. The average molecular weight is 416 g/mol. The molecule has 7 heteroatoms. The second-order valence-corrected chi connectivity index (χ2v) is 9.31. The van der Waals surface area contributed by atoms with E-state index in [1.54, 1.807) is 6.92 Å². The summed E-state index contributed by atoms with van der Waals surface area (Å²) in [6, 6.07) is 0.